The van der Waals surface area contributed by atoms with Gasteiger partial charge in [-0.15, -0.1) is 0 Å². The maximum Gasteiger partial charge on any atom is 0.129 e. The minimum atomic E-state index is 0.691. The Morgan fingerprint density at radius 1 is 1.00 bits per heavy atom. The highest BCUT2D eigenvalue weighted by Gasteiger charge is 2.10. The van der Waals surface area contributed by atoms with Crippen molar-refractivity contribution in [1.82, 2.24) is 9.55 Å². The average Bonchev–Trinajstić information content (AvgIpc) is 2.89. The van der Waals surface area contributed by atoms with Gasteiger partial charge in [0.25, 0.3) is 0 Å². The lowest BCUT2D eigenvalue weighted by molar-refractivity contribution is 0.514. The molecule has 1 heterocycles. The quantitative estimate of drug-likeness (QED) is 0.714. The van der Waals surface area contributed by atoms with Gasteiger partial charge in [0, 0.05) is 12.2 Å². The van der Waals surface area contributed by atoms with Crippen molar-refractivity contribution >= 4 is 16.7 Å². The molecule has 0 saturated heterocycles. The van der Waals surface area contributed by atoms with Crippen molar-refractivity contribution in [3.63, 3.8) is 0 Å². The molecule has 0 amide bonds. The Morgan fingerprint density at radius 2 is 1.73 bits per heavy atom. The molecule has 1 N–H and O–H groups in total. The summed E-state index contributed by atoms with van der Waals surface area (Å²) in [5.41, 5.74) is 3.44. The van der Waals surface area contributed by atoms with E-state index in [2.05, 4.69) is 60.1 Å². The number of fused-ring (bicyclic) bond motifs is 1. The number of nitrogens with one attached hydrogen (secondary N) is 1. The monoisotopic (exact) mass is 293 g/mol. The summed E-state index contributed by atoms with van der Waals surface area (Å²) in [6.07, 6.45) is 1.17. The summed E-state index contributed by atoms with van der Waals surface area (Å²) in [5.74, 6) is 1.79. The van der Waals surface area contributed by atoms with Crippen LogP contribution in [0.3, 0.4) is 0 Å². The summed E-state index contributed by atoms with van der Waals surface area (Å²) in [5, 5.41) is 3.47. The summed E-state index contributed by atoms with van der Waals surface area (Å²) in [6.45, 7) is 6.29. The van der Waals surface area contributed by atoms with Crippen molar-refractivity contribution in [1.29, 1.82) is 0 Å². The number of aryl methyl sites for hydroxylation is 1. The van der Waals surface area contributed by atoms with Gasteiger partial charge in [-0.3, -0.25) is 0 Å². The first kappa shape index (κ1) is 14.6. The molecule has 0 radical (unpaired) electrons. The van der Waals surface area contributed by atoms with Crippen molar-refractivity contribution in [2.24, 2.45) is 5.92 Å². The van der Waals surface area contributed by atoms with Gasteiger partial charge in [0.05, 0.1) is 17.6 Å². The third-order valence-electron chi connectivity index (χ3n) is 3.89. The largest absolute Gasteiger partial charge is 0.378 e. The molecule has 0 fully saturated rings. The molecule has 1 aromatic heterocycles. The number of anilines is 1. The van der Waals surface area contributed by atoms with Gasteiger partial charge in [-0.25, -0.2) is 4.98 Å². The third-order valence-corrected chi connectivity index (χ3v) is 3.89. The number of hydrogen-bond donors (Lipinski definition) is 1. The van der Waals surface area contributed by atoms with E-state index in [0.717, 1.165) is 30.1 Å². The first-order valence-electron chi connectivity index (χ1n) is 7.97. The second-order valence-corrected chi connectivity index (χ2v) is 6.07. The number of imidazole rings is 1. The fourth-order valence-corrected chi connectivity index (χ4v) is 2.63. The number of para-hydroxylation sites is 3. The molecule has 0 aliphatic rings. The van der Waals surface area contributed by atoms with Gasteiger partial charge in [0.2, 0.25) is 0 Å². The number of aromatic nitrogens is 2. The molecule has 3 heteroatoms. The SMILES string of the molecule is CC(C)CCn1c(CNc2ccccc2)nc2ccccc21. The van der Waals surface area contributed by atoms with Crippen molar-refractivity contribution in [3.8, 4) is 0 Å². The van der Waals surface area contributed by atoms with E-state index < -0.39 is 0 Å². The number of hydrogen-bond acceptors (Lipinski definition) is 2. The number of benzene rings is 2. The second kappa shape index (κ2) is 6.65. The first-order valence-corrected chi connectivity index (χ1v) is 7.97. The van der Waals surface area contributed by atoms with Crippen LogP contribution in [0.25, 0.3) is 11.0 Å². The average molecular weight is 293 g/mol. The molecule has 0 unspecified atom stereocenters. The molecule has 2 aromatic carbocycles. The zero-order chi connectivity index (χ0) is 15.4. The summed E-state index contributed by atoms with van der Waals surface area (Å²) < 4.78 is 2.35. The highest BCUT2D eigenvalue weighted by molar-refractivity contribution is 5.76. The minimum Gasteiger partial charge on any atom is -0.378 e. The molecule has 3 nitrogen and oxygen atoms in total. The van der Waals surface area contributed by atoms with E-state index >= 15 is 0 Å². The van der Waals surface area contributed by atoms with E-state index in [9.17, 15) is 0 Å². The van der Waals surface area contributed by atoms with Crippen molar-refractivity contribution < 1.29 is 0 Å². The molecule has 0 saturated carbocycles. The molecule has 0 spiro atoms. The van der Waals surface area contributed by atoms with Gasteiger partial charge in [-0.1, -0.05) is 44.2 Å². The topological polar surface area (TPSA) is 29.9 Å². The smallest absolute Gasteiger partial charge is 0.129 e. The van der Waals surface area contributed by atoms with E-state index in [1.54, 1.807) is 0 Å². The lowest BCUT2D eigenvalue weighted by Crippen LogP contribution is -2.10. The van der Waals surface area contributed by atoms with Gasteiger partial charge < -0.3 is 9.88 Å². The van der Waals surface area contributed by atoms with Crippen LogP contribution < -0.4 is 5.32 Å². The zero-order valence-electron chi connectivity index (χ0n) is 13.3. The molecule has 0 aliphatic carbocycles. The minimum absolute atomic E-state index is 0.691. The van der Waals surface area contributed by atoms with Crippen molar-refractivity contribution in [2.75, 3.05) is 5.32 Å². The van der Waals surface area contributed by atoms with Gasteiger partial charge in [0.1, 0.15) is 5.82 Å². The van der Waals surface area contributed by atoms with Crippen LogP contribution in [-0.4, -0.2) is 9.55 Å². The molecular formula is C19H23N3. The van der Waals surface area contributed by atoms with Gasteiger partial charge >= 0.3 is 0 Å². The van der Waals surface area contributed by atoms with E-state index in [4.69, 9.17) is 4.98 Å². The molecule has 3 aromatic rings. The maximum absolute atomic E-state index is 4.81. The Labute approximate surface area is 132 Å². The number of rotatable bonds is 6. The Hall–Kier alpha value is -2.29. The van der Waals surface area contributed by atoms with Gasteiger partial charge in [-0.05, 0) is 36.6 Å². The van der Waals surface area contributed by atoms with Crippen LogP contribution in [-0.2, 0) is 13.1 Å². The molecule has 0 aliphatic heterocycles. The molecule has 22 heavy (non-hydrogen) atoms. The number of nitrogens with zero attached hydrogens (tertiary/aromatic N) is 2. The van der Waals surface area contributed by atoms with Gasteiger partial charge in [-0.2, -0.15) is 0 Å². The van der Waals surface area contributed by atoms with Crippen LogP contribution in [0.2, 0.25) is 0 Å². The second-order valence-electron chi connectivity index (χ2n) is 6.07. The zero-order valence-corrected chi connectivity index (χ0v) is 13.3. The van der Waals surface area contributed by atoms with Crippen LogP contribution in [0.15, 0.2) is 54.6 Å². The van der Waals surface area contributed by atoms with E-state index in [-0.39, 0.29) is 0 Å². The normalized spacial score (nSPS) is 11.2. The van der Waals surface area contributed by atoms with E-state index in [1.807, 2.05) is 18.2 Å². The lowest BCUT2D eigenvalue weighted by atomic mass is 10.1. The Morgan fingerprint density at radius 3 is 2.50 bits per heavy atom. The fraction of sp³-hybridized carbons (Fsp3) is 0.316. The molecule has 0 bridgehead atoms. The summed E-state index contributed by atoms with van der Waals surface area (Å²) >= 11 is 0. The van der Waals surface area contributed by atoms with E-state index in [1.165, 1.54) is 11.9 Å². The van der Waals surface area contributed by atoms with Crippen LogP contribution in [0.5, 0.6) is 0 Å². The standard InChI is InChI=1S/C19H23N3/c1-15(2)12-13-22-18-11-7-6-10-17(18)21-19(22)14-20-16-8-4-3-5-9-16/h3-11,15,20H,12-14H2,1-2H3. The lowest BCUT2D eigenvalue weighted by Gasteiger charge is -2.12. The van der Waals surface area contributed by atoms with E-state index in [0.29, 0.717) is 5.92 Å². The predicted octanol–water partition coefficient (Wildman–Crippen LogP) is 4.69. The highest BCUT2D eigenvalue weighted by atomic mass is 15.1. The predicted molar refractivity (Wildman–Crippen MR) is 93.0 cm³/mol. The molecular weight excluding hydrogens is 270 g/mol. The summed E-state index contributed by atoms with van der Waals surface area (Å²) in [6, 6.07) is 18.7. The van der Waals surface area contributed by atoms with Gasteiger partial charge in [0.15, 0.2) is 0 Å². The third kappa shape index (κ3) is 3.30. The van der Waals surface area contributed by atoms with Crippen LogP contribution >= 0.6 is 0 Å². The van der Waals surface area contributed by atoms with Crippen LogP contribution in [0.4, 0.5) is 5.69 Å². The Balaban J connectivity index is 1.85. The highest BCUT2D eigenvalue weighted by Crippen LogP contribution is 2.19. The molecule has 114 valence electrons. The van der Waals surface area contributed by atoms with Crippen LogP contribution in [0.1, 0.15) is 26.1 Å². The summed E-state index contributed by atoms with van der Waals surface area (Å²) in [7, 11) is 0. The first-order chi connectivity index (χ1) is 10.7. The summed E-state index contributed by atoms with van der Waals surface area (Å²) in [4.78, 5) is 4.81. The van der Waals surface area contributed by atoms with Crippen molar-refractivity contribution in [3.05, 3.63) is 60.4 Å². The van der Waals surface area contributed by atoms with Crippen molar-refractivity contribution in [2.45, 2.75) is 33.4 Å². The Bertz CT molecular complexity index is 729. The molecule has 0 atom stereocenters. The maximum atomic E-state index is 4.81. The molecule has 3 rings (SSSR count). The fourth-order valence-electron chi connectivity index (χ4n) is 2.63. The van der Waals surface area contributed by atoms with Crippen LogP contribution in [0, 0.1) is 5.92 Å². The Kier molecular flexibility index (Phi) is 4.42.